The first kappa shape index (κ1) is 19.8. The second-order valence-corrected chi connectivity index (χ2v) is 7.95. The highest BCUT2D eigenvalue weighted by Crippen LogP contribution is 2.38. The number of alkyl halides is 3. The summed E-state index contributed by atoms with van der Waals surface area (Å²) in [5, 5.41) is 6.46. The van der Waals surface area contributed by atoms with Gasteiger partial charge in [0, 0.05) is 11.4 Å². The van der Waals surface area contributed by atoms with E-state index in [0.717, 1.165) is 19.5 Å². The number of hydrogen-bond donors (Lipinski definition) is 3. The summed E-state index contributed by atoms with van der Waals surface area (Å²) in [6.07, 6.45) is 2.57. The number of H-pyrrole nitrogens is 1. The Morgan fingerprint density at radius 2 is 2.14 bits per heavy atom. The average Bonchev–Trinajstić information content (AvgIpc) is 3.28. The van der Waals surface area contributed by atoms with E-state index in [9.17, 15) is 18.0 Å². The third-order valence-electron chi connectivity index (χ3n) is 4.75. The molecule has 2 aromatic heterocycles. The van der Waals surface area contributed by atoms with Crippen molar-refractivity contribution in [3.05, 3.63) is 46.5 Å². The number of imidazole rings is 1. The second kappa shape index (κ2) is 8.07. The zero-order valence-corrected chi connectivity index (χ0v) is 16.1. The molecule has 1 atom stereocenters. The highest BCUT2D eigenvalue weighted by molar-refractivity contribution is 8.00. The fraction of sp³-hybridized carbons (Fsp3) is 0.389. The lowest BCUT2D eigenvalue weighted by Crippen LogP contribution is -2.19. The van der Waals surface area contributed by atoms with Crippen LogP contribution >= 0.6 is 11.8 Å². The van der Waals surface area contributed by atoms with Crippen molar-refractivity contribution < 1.29 is 13.2 Å². The Labute approximate surface area is 168 Å². The Balaban J connectivity index is 1.61. The molecule has 0 spiro atoms. The average molecular weight is 424 g/mol. The molecule has 1 fully saturated rings. The highest BCUT2D eigenvalue weighted by atomic mass is 32.2. The molecule has 1 saturated heterocycles. The number of aromatic nitrogens is 4. The van der Waals surface area contributed by atoms with Crippen molar-refractivity contribution in [3.8, 4) is 0 Å². The lowest BCUT2D eigenvalue weighted by Gasteiger charge is -2.12. The molecule has 1 aliphatic heterocycles. The van der Waals surface area contributed by atoms with E-state index in [1.165, 1.54) is 22.9 Å². The molecule has 0 aliphatic carbocycles. The van der Waals surface area contributed by atoms with Crippen LogP contribution < -0.4 is 16.3 Å². The van der Waals surface area contributed by atoms with Gasteiger partial charge in [0.25, 0.3) is 0 Å². The number of fused-ring (bicyclic) bond motifs is 1. The Bertz CT molecular complexity index is 1060. The van der Waals surface area contributed by atoms with Gasteiger partial charge in [0.1, 0.15) is 5.52 Å². The van der Waals surface area contributed by atoms with E-state index in [1.54, 1.807) is 12.1 Å². The summed E-state index contributed by atoms with van der Waals surface area (Å²) in [5.41, 5.74) is -3.68. The largest absolute Gasteiger partial charge is 0.446 e. The normalized spacial score (nSPS) is 17.1. The van der Waals surface area contributed by atoms with Crippen LogP contribution in [0.2, 0.25) is 0 Å². The van der Waals surface area contributed by atoms with Crippen LogP contribution in [0.15, 0.2) is 40.2 Å². The number of benzene rings is 1. The van der Waals surface area contributed by atoms with Gasteiger partial charge in [-0.05, 0) is 48.8 Å². The number of thioether (sulfide) groups is 1. The molecule has 7 nitrogen and oxygen atoms in total. The fourth-order valence-electron chi connectivity index (χ4n) is 3.33. The van der Waals surface area contributed by atoms with Gasteiger partial charge in [0.05, 0.1) is 12.7 Å². The first-order valence-corrected chi connectivity index (χ1v) is 9.94. The highest BCUT2D eigenvalue weighted by Gasteiger charge is 2.30. The maximum Gasteiger partial charge on any atom is 0.446 e. The van der Waals surface area contributed by atoms with Crippen LogP contribution in [0.3, 0.4) is 0 Å². The van der Waals surface area contributed by atoms with Crippen LogP contribution in [-0.2, 0) is 6.54 Å². The van der Waals surface area contributed by atoms with Gasteiger partial charge in [-0.25, -0.2) is 9.78 Å². The molecular weight excluding hydrogens is 405 g/mol. The Hall–Kier alpha value is -2.53. The van der Waals surface area contributed by atoms with Gasteiger partial charge in [-0.2, -0.15) is 18.2 Å². The smallest absolute Gasteiger partial charge is 0.354 e. The summed E-state index contributed by atoms with van der Waals surface area (Å²) in [6, 6.07) is 6.16. The van der Waals surface area contributed by atoms with Gasteiger partial charge in [-0.3, -0.25) is 4.57 Å². The third kappa shape index (κ3) is 4.73. The van der Waals surface area contributed by atoms with Crippen LogP contribution in [0.5, 0.6) is 0 Å². The van der Waals surface area contributed by atoms with Gasteiger partial charge in [0.2, 0.25) is 5.95 Å². The number of nitrogens with one attached hydrogen (secondary N) is 3. The lowest BCUT2D eigenvalue weighted by molar-refractivity contribution is -0.0328. The van der Waals surface area contributed by atoms with Gasteiger partial charge >= 0.3 is 11.2 Å². The van der Waals surface area contributed by atoms with Crippen molar-refractivity contribution in [2.45, 2.75) is 23.4 Å². The predicted octanol–water partition coefficient (Wildman–Crippen LogP) is 2.80. The van der Waals surface area contributed by atoms with E-state index in [0.29, 0.717) is 35.1 Å². The van der Waals surface area contributed by atoms with Gasteiger partial charge in [-0.1, -0.05) is 18.2 Å². The molecule has 3 N–H and O–H groups in total. The maximum atomic E-state index is 12.9. The molecule has 29 heavy (non-hydrogen) atoms. The molecule has 4 rings (SSSR count). The number of rotatable bonds is 6. The molecule has 0 radical (unpaired) electrons. The quantitative estimate of drug-likeness (QED) is 0.528. The van der Waals surface area contributed by atoms with Crippen LogP contribution in [0.25, 0.3) is 11.2 Å². The van der Waals surface area contributed by atoms with E-state index >= 15 is 0 Å². The molecule has 154 valence electrons. The number of halogens is 3. The summed E-state index contributed by atoms with van der Waals surface area (Å²) in [7, 11) is 0. The molecule has 3 aromatic rings. The van der Waals surface area contributed by atoms with Crippen molar-refractivity contribution in [3.63, 3.8) is 0 Å². The van der Waals surface area contributed by atoms with Crippen molar-refractivity contribution >= 4 is 28.9 Å². The van der Waals surface area contributed by atoms with Crippen molar-refractivity contribution in [2.75, 3.05) is 25.0 Å². The number of hydrogen-bond acceptors (Lipinski definition) is 6. The number of anilines is 1. The summed E-state index contributed by atoms with van der Waals surface area (Å²) in [5.74, 6) is 0.865. The maximum absolute atomic E-state index is 12.9. The lowest BCUT2D eigenvalue weighted by atomic mass is 10.1. The number of aromatic amines is 1. The predicted molar refractivity (Wildman–Crippen MR) is 105 cm³/mol. The van der Waals surface area contributed by atoms with Crippen molar-refractivity contribution in [1.82, 2.24) is 24.8 Å². The molecule has 11 heteroatoms. The number of nitrogens with zero attached hydrogens (tertiary/aromatic N) is 3. The van der Waals surface area contributed by atoms with Gasteiger partial charge in [-0.15, -0.1) is 0 Å². The molecule has 0 amide bonds. The molecule has 0 saturated carbocycles. The SMILES string of the molecule is O=c1[nH]c2cnc(NC[C@@H]3CCNC3)nc2n1Cc1ccccc1SC(F)(F)F. The Kier molecular flexibility index (Phi) is 5.50. The minimum absolute atomic E-state index is 0.0267. The second-order valence-electron chi connectivity index (χ2n) is 6.84. The van der Waals surface area contributed by atoms with Gasteiger partial charge < -0.3 is 15.6 Å². The Morgan fingerprint density at radius 3 is 2.90 bits per heavy atom. The summed E-state index contributed by atoms with van der Waals surface area (Å²) >= 11 is -0.191. The van der Waals surface area contributed by atoms with E-state index < -0.39 is 11.2 Å². The zero-order valence-electron chi connectivity index (χ0n) is 15.3. The van der Waals surface area contributed by atoms with E-state index in [4.69, 9.17) is 0 Å². The van der Waals surface area contributed by atoms with Crippen LogP contribution in [0.1, 0.15) is 12.0 Å². The van der Waals surface area contributed by atoms with Crippen molar-refractivity contribution in [1.29, 1.82) is 0 Å². The monoisotopic (exact) mass is 424 g/mol. The van der Waals surface area contributed by atoms with E-state index in [-0.39, 0.29) is 23.2 Å². The topological polar surface area (TPSA) is 87.6 Å². The molecule has 1 aromatic carbocycles. The molecule has 0 bridgehead atoms. The minimum atomic E-state index is -4.41. The standard InChI is InChI=1S/C18H19F3N6OS/c19-18(20,21)29-14-4-2-1-3-12(14)10-27-15-13(25-17(27)28)9-24-16(26-15)23-8-11-5-6-22-7-11/h1-4,9,11,22H,5-8,10H2,(H,25,28)(H,23,24,26)/t11-/m1/s1. The Morgan fingerprint density at radius 1 is 1.31 bits per heavy atom. The summed E-state index contributed by atoms with van der Waals surface area (Å²) in [6.45, 7) is 2.59. The first-order chi connectivity index (χ1) is 13.9. The van der Waals surface area contributed by atoms with E-state index in [2.05, 4.69) is 25.6 Å². The fourth-order valence-corrected chi connectivity index (χ4v) is 3.99. The van der Waals surface area contributed by atoms with Crippen molar-refractivity contribution in [2.24, 2.45) is 5.92 Å². The molecular formula is C18H19F3N6OS. The zero-order chi connectivity index (χ0) is 20.4. The van der Waals surface area contributed by atoms with E-state index in [1.807, 2.05) is 0 Å². The van der Waals surface area contributed by atoms with Crippen LogP contribution in [0, 0.1) is 5.92 Å². The van der Waals surface area contributed by atoms with Crippen LogP contribution in [-0.4, -0.2) is 44.7 Å². The molecule has 3 heterocycles. The van der Waals surface area contributed by atoms with Crippen LogP contribution in [0.4, 0.5) is 19.1 Å². The summed E-state index contributed by atoms with van der Waals surface area (Å²) < 4.78 is 39.9. The van der Waals surface area contributed by atoms with Gasteiger partial charge in [0.15, 0.2) is 5.65 Å². The molecule has 1 aliphatic rings. The molecule has 0 unspecified atom stereocenters. The first-order valence-electron chi connectivity index (χ1n) is 9.13. The third-order valence-corrected chi connectivity index (χ3v) is 5.60. The minimum Gasteiger partial charge on any atom is -0.354 e. The summed E-state index contributed by atoms with van der Waals surface area (Å²) in [4.78, 5) is 23.7.